The quantitative estimate of drug-likeness (QED) is 0.328. The standard InChI is InChI=1S/C18H33NO5S/c1-4-8-16(20)15(9-6-10-18(22)24-5-2)19-12-14-25-13-7-11-17(21)23-3/h15,19H,4-14H2,1-3H3/t15-/m1/s1. The average molecular weight is 376 g/mol. The van der Waals surface area contributed by atoms with Crippen molar-refractivity contribution in [3.05, 3.63) is 0 Å². The summed E-state index contributed by atoms with van der Waals surface area (Å²) in [5.74, 6) is 1.61. The first kappa shape index (κ1) is 23.9. The Morgan fingerprint density at radius 3 is 2.36 bits per heavy atom. The molecule has 0 aromatic rings. The van der Waals surface area contributed by atoms with Gasteiger partial charge in [0.15, 0.2) is 0 Å². The maximum atomic E-state index is 12.2. The first-order valence-corrected chi connectivity index (χ1v) is 10.3. The summed E-state index contributed by atoms with van der Waals surface area (Å²) in [5, 5.41) is 3.31. The van der Waals surface area contributed by atoms with Crippen LogP contribution in [0.25, 0.3) is 0 Å². The largest absolute Gasteiger partial charge is 0.469 e. The van der Waals surface area contributed by atoms with Gasteiger partial charge in [0.25, 0.3) is 0 Å². The lowest BCUT2D eigenvalue weighted by Crippen LogP contribution is -2.38. The first-order valence-electron chi connectivity index (χ1n) is 9.11. The van der Waals surface area contributed by atoms with Crippen LogP contribution in [-0.4, -0.2) is 55.5 Å². The number of nitrogens with one attached hydrogen (secondary N) is 1. The molecule has 0 aromatic carbocycles. The molecule has 0 aliphatic rings. The molecular formula is C18H33NO5S. The Balaban J connectivity index is 3.97. The van der Waals surface area contributed by atoms with E-state index < -0.39 is 0 Å². The Bertz CT molecular complexity index is 390. The number of ketones is 1. The van der Waals surface area contributed by atoms with E-state index in [0.29, 0.717) is 38.7 Å². The van der Waals surface area contributed by atoms with E-state index in [4.69, 9.17) is 4.74 Å². The second-order valence-corrected chi connectivity index (χ2v) is 6.94. The fourth-order valence-electron chi connectivity index (χ4n) is 2.31. The van der Waals surface area contributed by atoms with Crippen LogP contribution in [0.4, 0.5) is 0 Å². The van der Waals surface area contributed by atoms with Crippen LogP contribution in [0.15, 0.2) is 0 Å². The fourth-order valence-corrected chi connectivity index (χ4v) is 3.12. The van der Waals surface area contributed by atoms with Gasteiger partial charge in [-0.3, -0.25) is 14.4 Å². The Kier molecular flexibility index (Phi) is 15.7. The van der Waals surface area contributed by atoms with Crippen molar-refractivity contribution in [2.24, 2.45) is 0 Å². The van der Waals surface area contributed by atoms with E-state index in [-0.39, 0.29) is 23.8 Å². The summed E-state index contributed by atoms with van der Waals surface area (Å²) < 4.78 is 9.51. The summed E-state index contributed by atoms with van der Waals surface area (Å²) in [6.07, 6.45) is 4.30. The number of carbonyl (C=O) groups is 3. The van der Waals surface area contributed by atoms with Crippen LogP contribution >= 0.6 is 11.8 Å². The highest BCUT2D eigenvalue weighted by atomic mass is 32.2. The van der Waals surface area contributed by atoms with Gasteiger partial charge in [0.2, 0.25) is 0 Å². The number of methoxy groups -OCH3 is 1. The molecular weight excluding hydrogens is 342 g/mol. The third-order valence-corrected chi connectivity index (χ3v) is 4.67. The Labute approximate surface area is 155 Å². The van der Waals surface area contributed by atoms with Crippen molar-refractivity contribution in [2.75, 3.05) is 31.8 Å². The summed E-state index contributed by atoms with van der Waals surface area (Å²) in [7, 11) is 1.40. The molecule has 0 bridgehead atoms. The number of rotatable bonds is 16. The van der Waals surface area contributed by atoms with E-state index >= 15 is 0 Å². The Morgan fingerprint density at radius 2 is 1.72 bits per heavy atom. The number of hydrogen-bond donors (Lipinski definition) is 1. The van der Waals surface area contributed by atoms with E-state index in [2.05, 4.69) is 10.1 Å². The molecule has 0 amide bonds. The summed E-state index contributed by atoms with van der Waals surface area (Å²) in [4.78, 5) is 34.6. The molecule has 0 heterocycles. The molecule has 146 valence electrons. The fraction of sp³-hybridized carbons (Fsp3) is 0.833. The van der Waals surface area contributed by atoms with Gasteiger partial charge >= 0.3 is 11.9 Å². The van der Waals surface area contributed by atoms with Crippen LogP contribution in [0.2, 0.25) is 0 Å². The zero-order valence-corrected chi connectivity index (χ0v) is 16.6. The van der Waals surface area contributed by atoms with Crippen molar-refractivity contribution in [3.8, 4) is 0 Å². The summed E-state index contributed by atoms with van der Waals surface area (Å²) >= 11 is 1.75. The highest BCUT2D eigenvalue weighted by Crippen LogP contribution is 2.08. The second kappa shape index (κ2) is 16.4. The van der Waals surface area contributed by atoms with Crippen LogP contribution < -0.4 is 5.32 Å². The Hall–Kier alpha value is -1.08. The molecule has 0 unspecified atom stereocenters. The third-order valence-electron chi connectivity index (χ3n) is 3.60. The van der Waals surface area contributed by atoms with Crippen LogP contribution in [-0.2, 0) is 23.9 Å². The maximum absolute atomic E-state index is 12.2. The lowest BCUT2D eigenvalue weighted by atomic mass is 10.0. The Morgan fingerprint density at radius 1 is 1.00 bits per heavy atom. The van der Waals surface area contributed by atoms with E-state index in [0.717, 1.165) is 30.9 Å². The summed E-state index contributed by atoms with van der Waals surface area (Å²) in [6.45, 7) is 4.91. The SMILES string of the molecule is CCCC(=O)[C@@H](CCCC(=O)OCC)NCCSCCCC(=O)OC. The van der Waals surface area contributed by atoms with E-state index in [9.17, 15) is 14.4 Å². The lowest BCUT2D eigenvalue weighted by Gasteiger charge is -2.17. The first-order chi connectivity index (χ1) is 12.0. The number of thioether (sulfide) groups is 1. The van der Waals surface area contributed by atoms with Crippen LogP contribution in [0, 0.1) is 0 Å². The van der Waals surface area contributed by atoms with Crippen LogP contribution in [0.5, 0.6) is 0 Å². The minimum atomic E-state index is -0.203. The van der Waals surface area contributed by atoms with E-state index in [1.165, 1.54) is 7.11 Å². The van der Waals surface area contributed by atoms with Crippen molar-refractivity contribution < 1.29 is 23.9 Å². The summed E-state index contributed by atoms with van der Waals surface area (Å²) in [5.41, 5.74) is 0. The monoisotopic (exact) mass is 375 g/mol. The van der Waals surface area contributed by atoms with E-state index in [1.54, 1.807) is 18.7 Å². The molecule has 1 N–H and O–H groups in total. The average Bonchev–Trinajstić information content (AvgIpc) is 2.59. The highest BCUT2D eigenvalue weighted by molar-refractivity contribution is 7.99. The molecule has 1 atom stereocenters. The number of Topliss-reactive ketones (excluding diaryl/α,β-unsaturated/α-hetero) is 1. The van der Waals surface area contributed by atoms with Crippen molar-refractivity contribution in [2.45, 2.75) is 64.8 Å². The minimum Gasteiger partial charge on any atom is -0.469 e. The van der Waals surface area contributed by atoms with Gasteiger partial charge < -0.3 is 14.8 Å². The number of carbonyl (C=O) groups excluding carboxylic acids is 3. The second-order valence-electron chi connectivity index (χ2n) is 5.71. The molecule has 0 spiro atoms. The van der Waals surface area contributed by atoms with Crippen LogP contribution in [0.3, 0.4) is 0 Å². The summed E-state index contributed by atoms with van der Waals surface area (Å²) in [6, 6.07) is -0.190. The molecule has 0 radical (unpaired) electrons. The molecule has 0 fully saturated rings. The van der Waals surface area contributed by atoms with Gasteiger partial charge in [-0.2, -0.15) is 11.8 Å². The van der Waals surface area contributed by atoms with Gasteiger partial charge in [-0.05, 0) is 38.4 Å². The van der Waals surface area contributed by atoms with Gasteiger partial charge in [-0.1, -0.05) is 6.92 Å². The zero-order valence-electron chi connectivity index (χ0n) is 15.8. The smallest absolute Gasteiger partial charge is 0.305 e. The predicted molar refractivity (Wildman–Crippen MR) is 101 cm³/mol. The van der Waals surface area contributed by atoms with Gasteiger partial charge in [0.1, 0.15) is 5.78 Å². The van der Waals surface area contributed by atoms with Crippen molar-refractivity contribution in [1.82, 2.24) is 5.32 Å². The molecule has 25 heavy (non-hydrogen) atoms. The molecule has 0 aliphatic carbocycles. The normalized spacial score (nSPS) is 11.8. The molecule has 7 heteroatoms. The van der Waals surface area contributed by atoms with Crippen molar-refractivity contribution in [1.29, 1.82) is 0 Å². The topological polar surface area (TPSA) is 81.7 Å². The van der Waals surface area contributed by atoms with Gasteiger partial charge in [0.05, 0.1) is 19.8 Å². The molecule has 0 saturated carbocycles. The van der Waals surface area contributed by atoms with Gasteiger partial charge in [-0.25, -0.2) is 0 Å². The van der Waals surface area contributed by atoms with Crippen molar-refractivity contribution in [3.63, 3.8) is 0 Å². The number of ether oxygens (including phenoxy) is 2. The zero-order chi connectivity index (χ0) is 18.9. The molecule has 0 aliphatic heterocycles. The predicted octanol–water partition coefficient (Wildman–Crippen LogP) is 2.73. The molecule has 0 aromatic heterocycles. The molecule has 0 saturated heterocycles. The molecule has 0 rings (SSSR count). The maximum Gasteiger partial charge on any atom is 0.305 e. The minimum absolute atomic E-state index is 0.175. The lowest BCUT2D eigenvalue weighted by molar-refractivity contribution is -0.143. The van der Waals surface area contributed by atoms with Gasteiger partial charge in [-0.15, -0.1) is 0 Å². The highest BCUT2D eigenvalue weighted by Gasteiger charge is 2.17. The van der Waals surface area contributed by atoms with Gasteiger partial charge in [0, 0.05) is 31.6 Å². The number of hydrogen-bond acceptors (Lipinski definition) is 7. The van der Waals surface area contributed by atoms with E-state index in [1.807, 2.05) is 6.92 Å². The number of esters is 2. The molecule has 6 nitrogen and oxygen atoms in total. The van der Waals surface area contributed by atoms with Crippen molar-refractivity contribution >= 4 is 29.5 Å². The third kappa shape index (κ3) is 13.8. The van der Waals surface area contributed by atoms with Crippen LogP contribution in [0.1, 0.15) is 58.8 Å².